The Kier molecular flexibility index (Phi) is 6.56. The van der Waals surface area contributed by atoms with Crippen LogP contribution in [0.4, 0.5) is 0 Å². The smallest absolute Gasteiger partial charge is 0.329 e. The van der Waals surface area contributed by atoms with Crippen molar-refractivity contribution in [3.05, 3.63) is 81.8 Å². The molecule has 3 rings (SSSR count). The highest BCUT2D eigenvalue weighted by Gasteiger charge is 2.13. The van der Waals surface area contributed by atoms with Gasteiger partial charge in [-0.15, -0.1) is 0 Å². The van der Waals surface area contributed by atoms with E-state index in [4.69, 9.17) is 0 Å². The average molecular weight is 454 g/mol. The van der Waals surface area contributed by atoms with Crippen molar-refractivity contribution < 1.29 is 9.59 Å². The summed E-state index contributed by atoms with van der Waals surface area (Å²) in [6, 6.07) is 13.5. The number of hydrazone groups is 1. The number of aromatic nitrogens is 2. The third kappa shape index (κ3) is 5.17. The molecule has 0 unspecified atom stereocenters. The standard InChI is InChI=1S/C21H20BrN5O2/c1-14-10-17(15(2)27(14)19-7-5-18(22)6-8-19)13-25-26-21(29)20(28)24-12-16-4-3-9-23-11-16/h3-11,13H,12H2,1-2H3,(H,24,28)(H,26,29)/b25-13-. The Balaban J connectivity index is 1.61. The Morgan fingerprint density at radius 3 is 2.62 bits per heavy atom. The summed E-state index contributed by atoms with van der Waals surface area (Å²) in [7, 11) is 0. The van der Waals surface area contributed by atoms with Gasteiger partial charge in [0.25, 0.3) is 0 Å². The normalized spacial score (nSPS) is 10.9. The Bertz CT molecular complexity index is 1040. The summed E-state index contributed by atoms with van der Waals surface area (Å²) in [4.78, 5) is 27.7. The molecular weight excluding hydrogens is 434 g/mol. The number of rotatable bonds is 5. The second kappa shape index (κ2) is 9.29. The van der Waals surface area contributed by atoms with Gasteiger partial charge < -0.3 is 9.88 Å². The van der Waals surface area contributed by atoms with Crippen molar-refractivity contribution in [1.29, 1.82) is 0 Å². The van der Waals surface area contributed by atoms with Crippen LogP contribution in [0, 0.1) is 13.8 Å². The Morgan fingerprint density at radius 1 is 1.17 bits per heavy atom. The van der Waals surface area contributed by atoms with Gasteiger partial charge in [-0.05, 0) is 55.8 Å². The molecule has 0 saturated carbocycles. The Hall–Kier alpha value is -3.26. The first-order valence-corrected chi connectivity index (χ1v) is 9.70. The molecule has 0 aliphatic heterocycles. The van der Waals surface area contributed by atoms with Crippen LogP contribution in [-0.2, 0) is 16.1 Å². The molecule has 148 valence electrons. The first-order valence-electron chi connectivity index (χ1n) is 8.90. The van der Waals surface area contributed by atoms with Crippen LogP contribution in [0.3, 0.4) is 0 Å². The van der Waals surface area contributed by atoms with Gasteiger partial charge in [0.1, 0.15) is 0 Å². The molecule has 0 radical (unpaired) electrons. The molecule has 8 heteroatoms. The van der Waals surface area contributed by atoms with Crippen molar-refractivity contribution in [3.63, 3.8) is 0 Å². The van der Waals surface area contributed by atoms with Gasteiger partial charge in [0.05, 0.1) is 6.21 Å². The van der Waals surface area contributed by atoms with Gasteiger partial charge in [0.2, 0.25) is 0 Å². The topological polar surface area (TPSA) is 88.4 Å². The lowest BCUT2D eigenvalue weighted by atomic mass is 10.2. The van der Waals surface area contributed by atoms with Gasteiger partial charge in [0, 0.05) is 46.0 Å². The maximum absolute atomic E-state index is 11.9. The summed E-state index contributed by atoms with van der Waals surface area (Å²) in [6.45, 7) is 4.19. The number of nitrogens with one attached hydrogen (secondary N) is 2. The molecule has 3 aromatic rings. The Morgan fingerprint density at radius 2 is 1.93 bits per heavy atom. The summed E-state index contributed by atoms with van der Waals surface area (Å²) in [5.41, 5.74) is 6.95. The van der Waals surface area contributed by atoms with Crippen LogP contribution in [0.1, 0.15) is 22.5 Å². The SMILES string of the molecule is Cc1cc(/C=N\NC(=O)C(=O)NCc2cccnc2)c(C)n1-c1ccc(Br)cc1. The number of benzene rings is 1. The lowest BCUT2D eigenvalue weighted by Gasteiger charge is -2.09. The highest BCUT2D eigenvalue weighted by Crippen LogP contribution is 2.21. The van der Waals surface area contributed by atoms with E-state index in [1.54, 1.807) is 18.5 Å². The summed E-state index contributed by atoms with van der Waals surface area (Å²) >= 11 is 3.44. The second-order valence-electron chi connectivity index (χ2n) is 6.38. The van der Waals surface area contributed by atoms with Crippen molar-refractivity contribution in [1.82, 2.24) is 20.3 Å². The maximum atomic E-state index is 11.9. The highest BCUT2D eigenvalue weighted by atomic mass is 79.9. The predicted molar refractivity (Wildman–Crippen MR) is 115 cm³/mol. The van der Waals surface area contributed by atoms with E-state index in [-0.39, 0.29) is 6.54 Å². The lowest BCUT2D eigenvalue weighted by Crippen LogP contribution is -2.37. The van der Waals surface area contributed by atoms with Crippen molar-refractivity contribution in [2.75, 3.05) is 0 Å². The van der Waals surface area contributed by atoms with Crippen molar-refractivity contribution in [2.45, 2.75) is 20.4 Å². The van der Waals surface area contributed by atoms with Gasteiger partial charge in [-0.1, -0.05) is 22.0 Å². The molecular formula is C21H20BrN5O2. The van der Waals surface area contributed by atoms with Gasteiger partial charge in [-0.2, -0.15) is 5.10 Å². The molecule has 1 aromatic carbocycles. The molecule has 29 heavy (non-hydrogen) atoms. The molecule has 0 bridgehead atoms. The molecule has 2 N–H and O–H groups in total. The molecule has 2 heterocycles. The molecule has 7 nitrogen and oxygen atoms in total. The second-order valence-corrected chi connectivity index (χ2v) is 7.30. The van der Waals surface area contributed by atoms with E-state index in [0.29, 0.717) is 0 Å². The molecule has 2 aromatic heterocycles. The van der Waals surface area contributed by atoms with Gasteiger partial charge >= 0.3 is 11.8 Å². The van der Waals surface area contributed by atoms with Crippen LogP contribution in [0.15, 0.2) is 64.4 Å². The fourth-order valence-corrected chi connectivity index (χ4v) is 3.15. The largest absolute Gasteiger partial charge is 0.344 e. The minimum atomic E-state index is -0.827. The zero-order valence-corrected chi connectivity index (χ0v) is 17.6. The summed E-state index contributed by atoms with van der Waals surface area (Å²) in [5, 5.41) is 6.45. The number of amides is 2. The van der Waals surface area contributed by atoms with Crippen molar-refractivity contribution in [3.8, 4) is 5.69 Å². The van der Waals surface area contributed by atoms with E-state index < -0.39 is 11.8 Å². The highest BCUT2D eigenvalue weighted by molar-refractivity contribution is 9.10. The summed E-state index contributed by atoms with van der Waals surface area (Å²) in [5.74, 6) is -1.59. The van der Waals surface area contributed by atoms with Gasteiger partial charge in [-0.25, -0.2) is 5.43 Å². The van der Waals surface area contributed by atoms with E-state index in [9.17, 15) is 9.59 Å². The molecule has 0 saturated heterocycles. The molecule has 2 amide bonds. The number of pyridine rings is 1. The monoisotopic (exact) mass is 453 g/mol. The lowest BCUT2D eigenvalue weighted by molar-refractivity contribution is -0.139. The van der Waals surface area contributed by atoms with Crippen LogP contribution >= 0.6 is 15.9 Å². The zero-order valence-electron chi connectivity index (χ0n) is 16.0. The van der Waals surface area contributed by atoms with E-state index in [1.807, 2.05) is 50.2 Å². The number of carbonyl (C=O) groups is 2. The van der Waals surface area contributed by atoms with Crippen LogP contribution in [-0.4, -0.2) is 27.6 Å². The zero-order chi connectivity index (χ0) is 20.8. The fraction of sp³-hybridized carbons (Fsp3) is 0.143. The van der Waals surface area contributed by atoms with E-state index in [1.165, 1.54) is 6.21 Å². The maximum Gasteiger partial charge on any atom is 0.329 e. The fourth-order valence-electron chi connectivity index (χ4n) is 2.88. The number of nitrogens with zero attached hydrogens (tertiary/aromatic N) is 3. The Labute approximate surface area is 177 Å². The molecule has 0 atom stereocenters. The molecule has 0 aliphatic carbocycles. The van der Waals surface area contributed by atoms with E-state index >= 15 is 0 Å². The number of carbonyl (C=O) groups excluding carboxylic acids is 2. The summed E-state index contributed by atoms with van der Waals surface area (Å²) in [6.07, 6.45) is 4.79. The number of hydrogen-bond donors (Lipinski definition) is 2. The van der Waals surface area contributed by atoms with Crippen LogP contribution in [0.2, 0.25) is 0 Å². The first-order chi connectivity index (χ1) is 14.0. The van der Waals surface area contributed by atoms with E-state index in [0.717, 1.165) is 32.7 Å². The molecule has 0 fully saturated rings. The van der Waals surface area contributed by atoms with Crippen LogP contribution in [0.25, 0.3) is 5.69 Å². The first kappa shape index (κ1) is 20.5. The predicted octanol–water partition coefficient (Wildman–Crippen LogP) is 3.02. The number of aryl methyl sites for hydroxylation is 1. The van der Waals surface area contributed by atoms with Crippen molar-refractivity contribution >= 4 is 34.0 Å². The number of halogens is 1. The third-order valence-corrected chi connectivity index (χ3v) is 4.84. The minimum absolute atomic E-state index is 0.220. The van der Waals surface area contributed by atoms with Crippen molar-refractivity contribution in [2.24, 2.45) is 5.10 Å². The average Bonchev–Trinajstić information content (AvgIpc) is 3.01. The quantitative estimate of drug-likeness (QED) is 0.353. The minimum Gasteiger partial charge on any atom is -0.344 e. The van der Waals surface area contributed by atoms with E-state index in [2.05, 4.69) is 41.3 Å². The van der Waals surface area contributed by atoms with Gasteiger partial charge in [0.15, 0.2) is 0 Å². The molecule has 0 aliphatic rings. The van der Waals surface area contributed by atoms with Crippen LogP contribution in [0.5, 0.6) is 0 Å². The number of hydrogen-bond acceptors (Lipinski definition) is 4. The van der Waals surface area contributed by atoms with Crippen LogP contribution < -0.4 is 10.7 Å². The third-order valence-electron chi connectivity index (χ3n) is 4.31. The molecule has 0 spiro atoms. The summed E-state index contributed by atoms with van der Waals surface area (Å²) < 4.78 is 3.10. The van der Waals surface area contributed by atoms with Gasteiger partial charge in [-0.3, -0.25) is 14.6 Å².